The van der Waals surface area contributed by atoms with Crippen molar-refractivity contribution >= 4 is 23.2 Å². The lowest BCUT2D eigenvalue weighted by atomic mass is 10.2. The molecule has 2 aromatic heterocycles. The molecule has 1 amide bonds. The maximum Gasteiger partial charge on any atom is 0.334 e. The van der Waals surface area contributed by atoms with Gasteiger partial charge in [0.25, 0.3) is 5.91 Å². The molecule has 0 radical (unpaired) electrons. The number of morpholine rings is 1. The van der Waals surface area contributed by atoms with Crippen LogP contribution >= 0.6 is 11.3 Å². The Labute approximate surface area is 129 Å². The summed E-state index contributed by atoms with van der Waals surface area (Å²) in [5.74, 6) is -1.32. The number of thiophene rings is 1. The molecule has 9 nitrogen and oxygen atoms in total. The van der Waals surface area contributed by atoms with Crippen LogP contribution in [0.3, 0.4) is 0 Å². The number of tetrazole rings is 1. The number of hydrogen-bond donors (Lipinski definition) is 1. The Balaban J connectivity index is 1.85. The van der Waals surface area contributed by atoms with Gasteiger partial charge in [-0.05, 0) is 28.8 Å². The summed E-state index contributed by atoms with van der Waals surface area (Å²) in [7, 11) is 0. The molecule has 1 fully saturated rings. The van der Waals surface area contributed by atoms with E-state index in [9.17, 15) is 9.59 Å². The highest BCUT2D eigenvalue weighted by atomic mass is 32.1. The maximum absolute atomic E-state index is 12.7. The standard InChI is InChI=1S/C12H13N5O4S/c1-7-4-16(5-9(21-7)12(19)20)11(18)10-8(2-3-22-10)17-6-13-14-15-17/h2-3,6-7,9H,4-5H2,1H3,(H,19,20)/t7-,9?/m1/s1. The van der Waals surface area contributed by atoms with Crippen molar-refractivity contribution in [2.75, 3.05) is 13.1 Å². The number of hydrogen-bond acceptors (Lipinski definition) is 7. The molecule has 22 heavy (non-hydrogen) atoms. The first-order chi connectivity index (χ1) is 10.6. The number of amides is 1. The van der Waals surface area contributed by atoms with E-state index < -0.39 is 12.1 Å². The number of carboxylic acids is 1. The van der Waals surface area contributed by atoms with Crippen LogP contribution < -0.4 is 0 Å². The predicted molar refractivity (Wildman–Crippen MR) is 74.9 cm³/mol. The Morgan fingerprint density at radius 3 is 2.95 bits per heavy atom. The smallest absolute Gasteiger partial charge is 0.334 e. The Morgan fingerprint density at radius 1 is 1.45 bits per heavy atom. The topological polar surface area (TPSA) is 110 Å². The first-order valence-electron chi connectivity index (χ1n) is 6.54. The Bertz CT molecular complexity index is 686. The van der Waals surface area contributed by atoms with Crippen molar-refractivity contribution in [2.45, 2.75) is 19.1 Å². The summed E-state index contributed by atoms with van der Waals surface area (Å²) < 4.78 is 6.73. The van der Waals surface area contributed by atoms with Crippen molar-refractivity contribution in [3.63, 3.8) is 0 Å². The van der Waals surface area contributed by atoms with E-state index in [2.05, 4.69) is 15.5 Å². The van der Waals surface area contributed by atoms with Crippen LogP contribution in [0.2, 0.25) is 0 Å². The van der Waals surface area contributed by atoms with E-state index in [4.69, 9.17) is 9.84 Å². The zero-order chi connectivity index (χ0) is 15.7. The highest BCUT2D eigenvalue weighted by molar-refractivity contribution is 7.12. The molecular weight excluding hydrogens is 310 g/mol. The zero-order valence-corrected chi connectivity index (χ0v) is 12.4. The minimum absolute atomic E-state index is 0.0193. The second kappa shape index (κ2) is 5.81. The molecule has 2 aromatic rings. The van der Waals surface area contributed by atoms with Gasteiger partial charge in [0.05, 0.1) is 18.3 Å². The van der Waals surface area contributed by atoms with E-state index in [-0.39, 0.29) is 18.6 Å². The third-order valence-electron chi connectivity index (χ3n) is 3.26. The van der Waals surface area contributed by atoms with Crippen molar-refractivity contribution in [1.29, 1.82) is 0 Å². The molecule has 1 unspecified atom stereocenters. The van der Waals surface area contributed by atoms with Gasteiger partial charge in [-0.1, -0.05) is 0 Å². The SMILES string of the molecule is C[C@@H]1CN(C(=O)c2sccc2-n2cnnn2)CC(C(=O)O)O1. The fourth-order valence-corrected chi connectivity index (χ4v) is 3.16. The van der Waals surface area contributed by atoms with Crippen LogP contribution in [-0.4, -0.2) is 67.4 Å². The Kier molecular flexibility index (Phi) is 3.86. The van der Waals surface area contributed by atoms with Gasteiger partial charge in [0.2, 0.25) is 0 Å². The lowest BCUT2D eigenvalue weighted by Crippen LogP contribution is -2.51. The first-order valence-corrected chi connectivity index (χ1v) is 7.42. The molecule has 0 bridgehead atoms. The molecular formula is C12H13N5O4S. The second-order valence-electron chi connectivity index (χ2n) is 4.87. The first kappa shape index (κ1) is 14.6. The number of nitrogens with zero attached hydrogens (tertiary/aromatic N) is 5. The molecule has 0 spiro atoms. The Hall–Kier alpha value is -2.33. The van der Waals surface area contributed by atoms with E-state index >= 15 is 0 Å². The van der Waals surface area contributed by atoms with Crippen LogP contribution in [-0.2, 0) is 9.53 Å². The maximum atomic E-state index is 12.7. The molecule has 1 N–H and O–H groups in total. The van der Waals surface area contributed by atoms with Crippen molar-refractivity contribution in [1.82, 2.24) is 25.1 Å². The number of carboxylic acid groups (broad SMARTS) is 1. The van der Waals surface area contributed by atoms with Crippen molar-refractivity contribution in [2.24, 2.45) is 0 Å². The number of carbonyl (C=O) groups is 2. The van der Waals surface area contributed by atoms with Crippen molar-refractivity contribution in [3.05, 3.63) is 22.7 Å². The average molecular weight is 323 g/mol. The molecule has 1 aliphatic heterocycles. The molecule has 10 heteroatoms. The second-order valence-corrected chi connectivity index (χ2v) is 5.79. The normalized spacial score (nSPS) is 21.8. The van der Waals surface area contributed by atoms with Crippen LogP contribution in [0.25, 0.3) is 5.69 Å². The van der Waals surface area contributed by atoms with Crippen LogP contribution in [0.15, 0.2) is 17.8 Å². The Morgan fingerprint density at radius 2 is 2.27 bits per heavy atom. The number of aromatic nitrogens is 4. The van der Waals surface area contributed by atoms with Gasteiger partial charge in [0.1, 0.15) is 11.2 Å². The summed E-state index contributed by atoms with van der Waals surface area (Å²) in [5.41, 5.74) is 0.575. The highest BCUT2D eigenvalue weighted by Gasteiger charge is 2.34. The van der Waals surface area contributed by atoms with Gasteiger partial charge in [-0.15, -0.1) is 16.4 Å². The lowest BCUT2D eigenvalue weighted by Gasteiger charge is -2.34. The number of aliphatic carboxylic acids is 1. The van der Waals surface area contributed by atoms with Gasteiger partial charge < -0.3 is 14.7 Å². The molecule has 0 saturated carbocycles. The third kappa shape index (κ3) is 2.70. The largest absolute Gasteiger partial charge is 0.479 e. The monoisotopic (exact) mass is 323 g/mol. The van der Waals surface area contributed by atoms with Gasteiger partial charge >= 0.3 is 5.97 Å². The van der Waals surface area contributed by atoms with Gasteiger partial charge in [-0.2, -0.15) is 4.68 Å². The summed E-state index contributed by atoms with van der Waals surface area (Å²) in [6.07, 6.45) is 0.0558. The van der Waals surface area contributed by atoms with E-state index in [0.29, 0.717) is 17.1 Å². The molecule has 3 rings (SSSR count). The quantitative estimate of drug-likeness (QED) is 0.849. The summed E-state index contributed by atoms with van der Waals surface area (Å²) in [6.45, 7) is 2.10. The van der Waals surface area contributed by atoms with Gasteiger partial charge in [0.15, 0.2) is 6.10 Å². The van der Waals surface area contributed by atoms with Crippen LogP contribution in [0.4, 0.5) is 0 Å². The zero-order valence-electron chi connectivity index (χ0n) is 11.6. The number of rotatable bonds is 3. The van der Waals surface area contributed by atoms with Crippen LogP contribution in [0, 0.1) is 0 Å². The summed E-state index contributed by atoms with van der Waals surface area (Å²) in [4.78, 5) is 25.8. The van der Waals surface area contributed by atoms with Gasteiger partial charge in [0, 0.05) is 6.54 Å². The molecule has 1 saturated heterocycles. The fraction of sp³-hybridized carbons (Fsp3) is 0.417. The highest BCUT2D eigenvalue weighted by Crippen LogP contribution is 2.24. The number of ether oxygens (including phenoxy) is 1. The van der Waals surface area contributed by atoms with Crippen molar-refractivity contribution < 1.29 is 19.4 Å². The average Bonchev–Trinajstić information content (AvgIpc) is 3.16. The molecule has 3 heterocycles. The fourth-order valence-electron chi connectivity index (χ4n) is 2.31. The summed E-state index contributed by atoms with van der Waals surface area (Å²) in [6, 6.07) is 1.74. The van der Waals surface area contributed by atoms with Gasteiger partial charge in [-0.25, -0.2) is 4.79 Å². The van der Waals surface area contributed by atoms with E-state index in [0.717, 1.165) is 0 Å². The molecule has 116 valence electrons. The third-order valence-corrected chi connectivity index (χ3v) is 4.15. The molecule has 1 aliphatic rings. The predicted octanol–water partition coefficient (Wildman–Crippen LogP) is 0.0379. The van der Waals surface area contributed by atoms with E-state index in [1.807, 2.05) is 0 Å². The molecule has 0 aromatic carbocycles. The van der Waals surface area contributed by atoms with Crippen molar-refractivity contribution in [3.8, 4) is 5.69 Å². The summed E-state index contributed by atoms with van der Waals surface area (Å²) in [5, 5.41) is 21.8. The lowest BCUT2D eigenvalue weighted by molar-refractivity contribution is -0.160. The number of carbonyl (C=O) groups excluding carboxylic acids is 1. The van der Waals surface area contributed by atoms with Crippen LogP contribution in [0.1, 0.15) is 16.6 Å². The minimum Gasteiger partial charge on any atom is -0.479 e. The van der Waals surface area contributed by atoms with Crippen LogP contribution in [0.5, 0.6) is 0 Å². The van der Waals surface area contributed by atoms with Gasteiger partial charge in [-0.3, -0.25) is 4.79 Å². The molecule has 2 atom stereocenters. The summed E-state index contributed by atoms with van der Waals surface area (Å²) >= 11 is 1.26. The van der Waals surface area contributed by atoms with E-state index in [1.165, 1.54) is 27.2 Å². The van der Waals surface area contributed by atoms with E-state index in [1.54, 1.807) is 18.4 Å². The minimum atomic E-state index is -1.07. The molecule has 0 aliphatic carbocycles.